The molecule has 1 saturated heterocycles. The summed E-state index contributed by atoms with van der Waals surface area (Å²) in [7, 11) is 0. The second-order valence-electron chi connectivity index (χ2n) is 6.87. The summed E-state index contributed by atoms with van der Waals surface area (Å²) >= 11 is 0. The summed E-state index contributed by atoms with van der Waals surface area (Å²) in [5, 5.41) is 20.6. The van der Waals surface area contributed by atoms with Gasteiger partial charge >= 0.3 is 5.97 Å². The molecule has 2 aliphatic rings. The summed E-state index contributed by atoms with van der Waals surface area (Å²) in [6.07, 6.45) is 0.945. The molecule has 26 heavy (non-hydrogen) atoms. The first-order valence-electron chi connectivity index (χ1n) is 8.40. The molecule has 2 aromatic rings. The van der Waals surface area contributed by atoms with Crippen molar-refractivity contribution in [3.05, 3.63) is 68.1 Å². The van der Waals surface area contributed by atoms with Gasteiger partial charge in [-0.25, -0.2) is 4.79 Å². The SMILES string of the molecule is O=C(O)c1ccc(N2C[C@H]3C[C@@H](C2)c2cccc(=O)n2C3)c([N+](=O)[O-])c1. The molecule has 2 bridgehead atoms. The van der Waals surface area contributed by atoms with Crippen molar-refractivity contribution in [3.8, 4) is 0 Å². The largest absolute Gasteiger partial charge is 0.478 e. The van der Waals surface area contributed by atoms with Crippen molar-refractivity contribution in [3.63, 3.8) is 0 Å². The van der Waals surface area contributed by atoms with Crippen LogP contribution in [0, 0.1) is 16.0 Å². The average Bonchev–Trinajstić information content (AvgIpc) is 2.62. The fourth-order valence-electron chi connectivity index (χ4n) is 4.16. The Balaban J connectivity index is 1.72. The fourth-order valence-corrected chi connectivity index (χ4v) is 4.16. The van der Waals surface area contributed by atoms with Gasteiger partial charge in [0.1, 0.15) is 5.69 Å². The van der Waals surface area contributed by atoms with Crippen molar-refractivity contribution in [2.75, 3.05) is 18.0 Å². The molecule has 8 nitrogen and oxygen atoms in total. The highest BCUT2D eigenvalue weighted by Crippen LogP contribution is 2.39. The third-order valence-corrected chi connectivity index (χ3v) is 5.24. The van der Waals surface area contributed by atoms with Gasteiger partial charge < -0.3 is 14.6 Å². The second-order valence-corrected chi connectivity index (χ2v) is 6.87. The molecule has 2 atom stereocenters. The molecule has 134 valence electrons. The molecular formula is C18H17N3O5. The molecule has 2 aliphatic heterocycles. The number of rotatable bonds is 3. The second kappa shape index (κ2) is 5.98. The zero-order chi connectivity index (χ0) is 18.4. The molecule has 1 N–H and O–H groups in total. The molecule has 0 radical (unpaired) electrons. The van der Waals surface area contributed by atoms with Crippen molar-refractivity contribution in [2.24, 2.45) is 5.92 Å². The van der Waals surface area contributed by atoms with Crippen LogP contribution in [0.25, 0.3) is 0 Å². The Kier molecular flexibility index (Phi) is 3.75. The van der Waals surface area contributed by atoms with Gasteiger partial charge in [0.15, 0.2) is 0 Å². The minimum atomic E-state index is -1.19. The van der Waals surface area contributed by atoms with Gasteiger partial charge in [0.05, 0.1) is 10.5 Å². The van der Waals surface area contributed by atoms with Crippen LogP contribution >= 0.6 is 0 Å². The van der Waals surface area contributed by atoms with E-state index in [9.17, 15) is 19.7 Å². The lowest BCUT2D eigenvalue weighted by Gasteiger charge is -2.43. The van der Waals surface area contributed by atoms with E-state index < -0.39 is 10.9 Å². The maximum atomic E-state index is 12.1. The third-order valence-electron chi connectivity index (χ3n) is 5.24. The molecule has 3 heterocycles. The van der Waals surface area contributed by atoms with Gasteiger partial charge in [0.25, 0.3) is 11.2 Å². The molecule has 1 fully saturated rings. The standard InChI is InChI=1S/C18H17N3O5/c22-17-3-1-2-14-13-6-11(9-20(14)17)8-19(10-13)15-5-4-12(18(23)24)7-16(15)21(25)26/h1-5,7,11,13H,6,8-10H2,(H,23,24)/t11-,13+/m1/s1. The number of carboxylic acids is 1. The van der Waals surface area contributed by atoms with Crippen molar-refractivity contribution < 1.29 is 14.8 Å². The van der Waals surface area contributed by atoms with Gasteiger partial charge in [-0.05, 0) is 30.5 Å². The molecule has 0 unspecified atom stereocenters. The Morgan fingerprint density at radius 3 is 2.73 bits per heavy atom. The number of piperidine rings is 1. The highest BCUT2D eigenvalue weighted by molar-refractivity contribution is 5.89. The van der Waals surface area contributed by atoms with Gasteiger partial charge in [-0.2, -0.15) is 0 Å². The van der Waals surface area contributed by atoms with Gasteiger partial charge in [-0.1, -0.05) is 6.07 Å². The van der Waals surface area contributed by atoms with Crippen molar-refractivity contribution in [1.29, 1.82) is 0 Å². The summed E-state index contributed by atoms with van der Waals surface area (Å²) in [4.78, 5) is 36.1. The van der Waals surface area contributed by atoms with E-state index in [0.29, 0.717) is 25.3 Å². The number of nitrogens with zero attached hydrogens (tertiary/aromatic N) is 3. The number of nitro benzene ring substituents is 1. The number of aromatic carboxylic acids is 1. The minimum Gasteiger partial charge on any atom is -0.478 e. The number of benzene rings is 1. The van der Waals surface area contributed by atoms with Crippen LogP contribution in [0.1, 0.15) is 28.4 Å². The third kappa shape index (κ3) is 2.63. The number of aromatic nitrogens is 1. The lowest BCUT2D eigenvalue weighted by atomic mass is 9.83. The average molecular weight is 355 g/mol. The number of fused-ring (bicyclic) bond motifs is 4. The summed E-state index contributed by atoms with van der Waals surface area (Å²) in [5.74, 6) is -0.848. The van der Waals surface area contributed by atoms with Crippen LogP contribution < -0.4 is 10.5 Å². The zero-order valence-electron chi connectivity index (χ0n) is 13.9. The Labute approximate surface area is 148 Å². The predicted octanol–water partition coefficient (Wildman–Crippen LogP) is 2.08. The van der Waals surface area contributed by atoms with Gasteiger partial charge in [-0.15, -0.1) is 0 Å². The normalized spacial score (nSPS) is 21.2. The molecule has 0 aliphatic carbocycles. The maximum Gasteiger partial charge on any atom is 0.335 e. The van der Waals surface area contributed by atoms with Crippen LogP contribution in [0.2, 0.25) is 0 Å². The smallest absolute Gasteiger partial charge is 0.335 e. The molecular weight excluding hydrogens is 338 g/mol. The Morgan fingerprint density at radius 2 is 2.00 bits per heavy atom. The number of carboxylic acid groups (broad SMARTS) is 1. The first kappa shape index (κ1) is 16.3. The molecule has 0 saturated carbocycles. The van der Waals surface area contributed by atoms with E-state index in [4.69, 9.17) is 5.11 Å². The van der Waals surface area contributed by atoms with E-state index in [2.05, 4.69) is 0 Å². The number of hydrogen-bond acceptors (Lipinski definition) is 5. The molecule has 8 heteroatoms. The summed E-state index contributed by atoms with van der Waals surface area (Å²) in [5.41, 5.74) is 1.08. The zero-order valence-corrected chi connectivity index (χ0v) is 13.9. The summed E-state index contributed by atoms with van der Waals surface area (Å²) in [6, 6.07) is 9.26. The predicted molar refractivity (Wildman–Crippen MR) is 93.8 cm³/mol. The van der Waals surface area contributed by atoms with Gasteiger partial charge in [0, 0.05) is 43.4 Å². The van der Waals surface area contributed by atoms with Crippen LogP contribution in [0.3, 0.4) is 0 Å². The van der Waals surface area contributed by atoms with E-state index in [1.165, 1.54) is 12.1 Å². The van der Waals surface area contributed by atoms with Crippen LogP contribution in [0.4, 0.5) is 11.4 Å². The van der Waals surface area contributed by atoms with E-state index in [1.54, 1.807) is 16.7 Å². The molecule has 1 aromatic carbocycles. The van der Waals surface area contributed by atoms with Crippen LogP contribution in [0.15, 0.2) is 41.2 Å². The summed E-state index contributed by atoms with van der Waals surface area (Å²) in [6.45, 7) is 1.76. The van der Waals surface area contributed by atoms with Gasteiger partial charge in [-0.3, -0.25) is 14.9 Å². The first-order chi connectivity index (χ1) is 12.4. The molecule has 1 aromatic heterocycles. The first-order valence-corrected chi connectivity index (χ1v) is 8.40. The van der Waals surface area contributed by atoms with Crippen molar-refractivity contribution in [2.45, 2.75) is 18.9 Å². The topological polar surface area (TPSA) is 106 Å². The van der Waals surface area contributed by atoms with Crippen LogP contribution in [0.5, 0.6) is 0 Å². The number of pyridine rings is 1. The Hall–Kier alpha value is -3.16. The fraction of sp³-hybridized carbons (Fsp3) is 0.333. The van der Waals surface area contributed by atoms with Crippen LogP contribution in [-0.2, 0) is 6.54 Å². The highest BCUT2D eigenvalue weighted by atomic mass is 16.6. The van der Waals surface area contributed by atoms with Crippen LogP contribution in [-0.4, -0.2) is 33.7 Å². The molecule has 0 spiro atoms. The monoisotopic (exact) mass is 355 g/mol. The number of nitro groups is 1. The Bertz CT molecular complexity index is 968. The summed E-state index contributed by atoms with van der Waals surface area (Å²) < 4.78 is 1.80. The Morgan fingerprint density at radius 1 is 1.19 bits per heavy atom. The minimum absolute atomic E-state index is 0.0116. The molecule has 0 amide bonds. The van der Waals surface area contributed by atoms with Crippen molar-refractivity contribution in [1.82, 2.24) is 4.57 Å². The number of carbonyl (C=O) groups is 1. The van der Waals surface area contributed by atoms with E-state index in [1.807, 2.05) is 11.0 Å². The number of hydrogen-bond donors (Lipinski definition) is 1. The van der Waals surface area contributed by atoms with E-state index >= 15 is 0 Å². The lowest BCUT2D eigenvalue weighted by Crippen LogP contribution is -2.47. The van der Waals surface area contributed by atoms with E-state index in [-0.39, 0.29) is 28.6 Å². The highest BCUT2D eigenvalue weighted by Gasteiger charge is 2.36. The van der Waals surface area contributed by atoms with Crippen molar-refractivity contribution >= 4 is 17.3 Å². The van der Waals surface area contributed by atoms with E-state index in [0.717, 1.165) is 18.2 Å². The maximum absolute atomic E-state index is 12.1. The quantitative estimate of drug-likeness (QED) is 0.667. The molecule has 4 rings (SSSR count). The lowest BCUT2D eigenvalue weighted by molar-refractivity contribution is -0.384. The number of anilines is 1. The van der Waals surface area contributed by atoms with Gasteiger partial charge in [0.2, 0.25) is 0 Å².